The second-order valence-electron chi connectivity index (χ2n) is 5.62. The van der Waals surface area contributed by atoms with Crippen LogP contribution in [0.1, 0.15) is 26.4 Å². The van der Waals surface area contributed by atoms with Gasteiger partial charge in [-0.15, -0.1) is 11.3 Å². The molecule has 1 N–H and O–H groups in total. The van der Waals surface area contributed by atoms with Crippen LogP contribution < -0.4 is 10.1 Å². The molecule has 1 aromatic carbocycles. The maximum Gasteiger partial charge on any atom is 0.339 e. The molecule has 3 rings (SSSR count). The molecule has 138 valence electrons. The van der Waals surface area contributed by atoms with Crippen molar-refractivity contribution in [3.05, 3.63) is 58.7 Å². The fourth-order valence-corrected chi connectivity index (χ4v) is 3.11. The molecule has 1 amide bonds. The summed E-state index contributed by atoms with van der Waals surface area (Å²) in [4.78, 5) is 32.2. The van der Waals surface area contributed by atoms with Gasteiger partial charge >= 0.3 is 5.97 Å². The monoisotopic (exact) mass is 383 g/mol. The van der Waals surface area contributed by atoms with Gasteiger partial charge in [-0.05, 0) is 31.2 Å². The molecule has 0 aliphatic heterocycles. The van der Waals surface area contributed by atoms with Gasteiger partial charge in [0.2, 0.25) is 0 Å². The summed E-state index contributed by atoms with van der Waals surface area (Å²) in [6.45, 7) is 1.99. The number of aryl methyl sites for hydroxylation is 1. The first kappa shape index (κ1) is 18.5. The fourth-order valence-electron chi connectivity index (χ4n) is 2.40. The van der Waals surface area contributed by atoms with E-state index in [-0.39, 0.29) is 11.3 Å². The molecule has 7 nitrogen and oxygen atoms in total. The van der Waals surface area contributed by atoms with Crippen molar-refractivity contribution in [1.29, 1.82) is 0 Å². The van der Waals surface area contributed by atoms with E-state index >= 15 is 0 Å². The van der Waals surface area contributed by atoms with Crippen molar-refractivity contribution in [3.63, 3.8) is 0 Å². The third-order valence-electron chi connectivity index (χ3n) is 3.77. The molecular formula is C19H17N3O4S. The number of hydrogen-bond donors (Lipinski definition) is 1. The van der Waals surface area contributed by atoms with Crippen LogP contribution >= 0.6 is 11.3 Å². The van der Waals surface area contributed by atoms with E-state index in [0.717, 1.165) is 11.1 Å². The number of thiazole rings is 1. The maximum absolute atomic E-state index is 12.3. The Morgan fingerprint density at radius 1 is 1.15 bits per heavy atom. The van der Waals surface area contributed by atoms with Gasteiger partial charge in [0.15, 0.2) is 5.13 Å². The first-order chi connectivity index (χ1) is 13.0. The lowest BCUT2D eigenvalue weighted by atomic mass is 10.1. The van der Waals surface area contributed by atoms with E-state index < -0.39 is 11.9 Å². The zero-order valence-corrected chi connectivity index (χ0v) is 15.8. The highest BCUT2D eigenvalue weighted by Gasteiger charge is 2.14. The summed E-state index contributed by atoms with van der Waals surface area (Å²) in [5, 5.41) is 5.00. The second kappa shape index (κ2) is 7.96. The number of methoxy groups -OCH3 is 2. The summed E-state index contributed by atoms with van der Waals surface area (Å²) in [5.41, 5.74) is 3.10. The smallest absolute Gasteiger partial charge is 0.339 e. The maximum atomic E-state index is 12.3. The molecule has 0 saturated heterocycles. The molecule has 0 aliphatic rings. The van der Waals surface area contributed by atoms with Crippen molar-refractivity contribution in [2.24, 2.45) is 0 Å². The van der Waals surface area contributed by atoms with Gasteiger partial charge in [-0.2, -0.15) is 0 Å². The Kier molecular flexibility index (Phi) is 5.46. The summed E-state index contributed by atoms with van der Waals surface area (Å²) in [6, 6.07) is 8.76. The number of aromatic nitrogens is 2. The van der Waals surface area contributed by atoms with Gasteiger partial charge in [-0.1, -0.05) is 11.6 Å². The Morgan fingerprint density at radius 2 is 1.96 bits per heavy atom. The van der Waals surface area contributed by atoms with Crippen LogP contribution in [0.25, 0.3) is 11.3 Å². The average Bonchev–Trinajstić information content (AvgIpc) is 3.15. The van der Waals surface area contributed by atoms with Crippen LogP contribution in [-0.2, 0) is 4.74 Å². The van der Waals surface area contributed by atoms with Gasteiger partial charge in [-0.25, -0.2) is 9.78 Å². The first-order valence-corrected chi connectivity index (χ1v) is 8.86. The first-order valence-electron chi connectivity index (χ1n) is 7.98. The van der Waals surface area contributed by atoms with Crippen LogP contribution in [0.3, 0.4) is 0 Å². The lowest BCUT2D eigenvalue weighted by Crippen LogP contribution is -2.14. The van der Waals surface area contributed by atoms with Gasteiger partial charge in [0.05, 0.1) is 25.5 Å². The molecule has 0 unspecified atom stereocenters. The van der Waals surface area contributed by atoms with Crippen molar-refractivity contribution in [2.75, 3.05) is 19.5 Å². The SMILES string of the molecule is COC(=O)c1ccc(C(=O)Nc2nc(-c3cc(C)ccc3OC)cs2)nc1. The summed E-state index contributed by atoms with van der Waals surface area (Å²) in [6.07, 6.45) is 1.30. The second-order valence-corrected chi connectivity index (χ2v) is 6.48. The van der Waals surface area contributed by atoms with E-state index in [4.69, 9.17) is 4.74 Å². The quantitative estimate of drug-likeness (QED) is 0.678. The standard InChI is InChI=1S/C19H17N3O4S/c1-11-4-7-16(25-2)13(8-11)15-10-27-19(21-15)22-17(23)14-6-5-12(9-20-14)18(24)26-3/h4-10H,1-3H3,(H,21,22,23). The Labute approximate surface area is 160 Å². The Morgan fingerprint density at radius 3 is 2.63 bits per heavy atom. The fraction of sp³-hybridized carbons (Fsp3) is 0.158. The van der Waals surface area contributed by atoms with Crippen LogP contribution in [0.15, 0.2) is 41.9 Å². The largest absolute Gasteiger partial charge is 0.496 e. The third-order valence-corrected chi connectivity index (χ3v) is 4.53. The van der Waals surface area contributed by atoms with Crippen molar-refractivity contribution in [3.8, 4) is 17.0 Å². The number of amides is 1. The number of anilines is 1. The molecule has 0 spiro atoms. The molecule has 2 heterocycles. The zero-order chi connectivity index (χ0) is 19.4. The van der Waals surface area contributed by atoms with Crippen molar-refractivity contribution >= 4 is 28.3 Å². The van der Waals surface area contributed by atoms with E-state index in [1.165, 1.54) is 36.8 Å². The molecule has 0 atom stereocenters. The average molecular weight is 383 g/mol. The Balaban J connectivity index is 1.77. The minimum atomic E-state index is -0.508. The van der Waals surface area contributed by atoms with Crippen molar-refractivity contribution in [1.82, 2.24) is 9.97 Å². The minimum Gasteiger partial charge on any atom is -0.496 e. The summed E-state index contributed by atoms with van der Waals surface area (Å²) < 4.78 is 9.99. The van der Waals surface area contributed by atoms with Crippen LogP contribution in [0.2, 0.25) is 0 Å². The van der Waals surface area contributed by atoms with Gasteiger partial charge < -0.3 is 9.47 Å². The highest BCUT2D eigenvalue weighted by Crippen LogP contribution is 2.33. The molecule has 0 aliphatic carbocycles. The number of esters is 1. The minimum absolute atomic E-state index is 0.174. The number of nitrogens with one attached hydrogen (secondary N) is 1. The lowest BCUT2D eigenvalue weighted by molar-refractivity contribution is 0.0600. The Hall–Kier alpha value is -3.26. The van der Waals surface area contributed by atoms with E-state index in [2.05, 4.69) is 20.0 Å². The van der Waals surface area contributed by atoms with Gasteiger partial charge in [0.25, 0.3) is 5.91 Å². The predicted octanol–water partition coefficient (Wildman–Crippen LogP) is 3.56. The van der Waals surface area contributed by atoms with Gasteiger partial charge in [-0.3, -0.25) is 15.1 Å². The number of pyridine rings is 1. The number of ether oxygens (including phenoxy) is 2. The van der Waals surface area contributed by atoms with Gasteiger partial charge in [0.1, 0.15) is 11.4 Å². The summed E-state index contributed by atoms with van der Waals surface area (Å²) in [5.74, 6) is -0.210. The molecule has 0 fully saturated rings. The number of carbonyl (C=O) groups excluding carboxylic acids is 2. The van der Waals surface area contributed by atoms with E-state index in [1.54, 1.807) is 7.11 Å². The van der Waals surface area contributed by atoms with Crippen LogP contribution in [0.5, 0.6) is 5.75 Å². The molecular weight excluding hydrogens is 366 g/mol. The topological polar surface area (TPSA) is 90.4 Å². The molecule has 0 bridgehead atoms. The molecule has 0 radical (unpaired) electrons. The third kappa shape index (κ3) is 4.12. The lowest BCUT2D eigenvalue weighted by Gasteiger charge is -2.07. The summed E-state index contributed by atoms with van der Waals surface area (Å²) >= 11 is 1.30. The van der Waals surface area contributed by atoms with Crippen LogP contribution in [-0.4, -0.2) is 36.1 Å². The van der Waals surface area contributed by atoms with Crippen molar-refractivity contribution < 1.29 is 19.1 Å². The zero-order valence-electron chi connectivity index (χ0n) is 15.0. The number of hydrogen-bond acceptors (Lipinski definition) is 7. The highest BCUT2D eigenvalue weighted by molar-refractivity contribution is 7.14. The van der Waals surface area contributed by atoms with E-state index in [0.29, 0.717) is 16.6 Å². The number of carbonyl (C=O) groups is 2. The summed E-state index contributed by atoms with van der Waals surface area (Å²) in [7, 11) is 2.89. The highest BCUT2D eigenvalue weighted by atomic mass is 32.1. The van der Waals surface area contributed by atoms with Crippen molar-refractivity contribution in [2.45, 2.75) is 6.92 Å². The molecule has 3 aromatic rings. The van der Waals surface area contributed by atoms with Crippen LogP contribution in [0.4, 0.5) is 5.13 Å². The molecule has 27 heavy (non-hydrogen) atoms. The molecule has 8 heteroatoms. The van der Waals surface area contributed by atoms with E-state index in [9.17, 15) is 9.59 Å². The normalized spacial score (nSPS) is 10.3. The van der Waals surface area contributed by atoms with Crippen LogP contribution in [0, 0.1) is 6.92 Å². The predicted molar refractivity (Wildman–Crippen MR) is 102 cm³/mol. The Bertz CT molecular complexity index is 983. The number of rotatable bonds is 5. The molecule has 2 aromatic heterocycles. The number of benzene rings is 1. The van der Waals surface area contributed by atoms with Gasteiger partial charge in [0, 0.05) is 17.1 Å². The molecule has 0 saturated carbocycles. The number of nitrogens with zero attached hydrogens (tertiary/aromatic N) is 2. The van der Waals surface area contributed by atoms with E-state index in [1.807, 2.05) is 30.5 Å².